The van der Waals surface area contributed by atoms with Crippen LogP contribution in [0.1, 0.15) is 24.2 Å². The average molecular weight is 286 g/mol. The molecule has 2 N–H and O–H groups in total. The van der Waals surface area contributed by atoms with Crippen LogP contribution in [0.5, 0.6) is 17.2 Å². The molecule has 2 aromatic rings. The third-order valence-corrected chi connectivity index (χ3v) is 2.90. The van der Waals surface area contributed by atoms with E-state index in [0.717, 1.165) is 0 Å². The molecule has 1 amide bonds. The van der Waals surface area contributed by atoms with Crippen LogP contribution in [-0.2, 0) is 0 Å². The summed E-state index contributed by atoms with van der Waals surface area (Å²) in [4.78, 5) is 15.8. The normalized spacial score (nSPS) is 14.8. The Morgan fingerprint density at radius 2 is 1.95 bits per heavy atom. The van der Waals surface area contributed by atoms with Crippen LogP contribution in [0.15, 0.2) is 36.7 Å². The Bertz CT molecular complexity index is 713. The number of aromatic nitrogens is 1. The highest BCUT2D eigenvalue weighted by Crippen LogP contribution is 2.40. The van der Waals surface area contributed by atoms with Gasteiger partial charge in [0, 0.05) is 31.8 Å². The standard InChI is InChI=1S/C15H14N2O4/c1-15(2)20-12-4-3-10(6-13(12)21-15)17-14(19)9-5-11(18)8-16-7-9/h3-8,18H,1-2H3,(H,17,19). The summed E-state index contributed by atoms with van der Waals surface area (Å²) in [5.74, 6) is 0.0792. The maximum Gasteiger partial charge on any atom is 0.257 e. The van der Waals surface area contributed by atoms with Crippen molar-refractivity contribution in [3.8, 4) is 17.2 Å². The van der Waals surface area contributed by atoms with Crippen molar-refractivity contribution in [2.45, 2.75) is 19.6 Å². The number of fused-ring (bicyclic) bond motifs is 1. The minimum absolute atomic E-state index is 0.0601. The maximum absolute atomic E-state index is 12.1. The van der Waals surface area contributed by atoms with Gasteiger partial charge in [-0.05, 0) is 18.2 Å². The van der Waals surface area contributed by atoms with E-state index in [1.54, 1.807) is 18.2 Å². The highest BCUT2D eigenvalue weighted by atomic mass is 16.7. The third-order valence-electron chi connectivity index (χ3n) is 2.90. The van der Waals surface area contributed by atoms with Crippen LogP contribution in [0, 0.1) is 0 Å². The number of nitrogens with one attached hydrogen (secondary N) is 1. The smallest absolute Gasteiger partial charge is 0.257 e. The number of rotatable bonds is 2. The van der Waals surface area contributed by atoms with Crippen LogP contribution in [-0.4, -0.2) is 21.8 Å². The van der Waals surface area contributed by atoms with Crippen molar-refractivity contribution in [2.75, 3.05) is 5.32 Å². The zero-order chi connectivity index (χ0) is 15.0. The number of benzene rings is 1. The molecule has 0 saturated carbocycles. The first-order valence-electron chi connectivity index (χ1n) is 6.40. The van der Waals surface area contributed by atoms with E-state index in [9.17, 15) is 9.90 Å². The van der Waals surface area contributed by atoms with Gasteiger partial charge in [-0.2, -0.15) is 0 Å². The topological polar surface area (TPSA) is 80.7 Å². The number of ether oxygens (including phenoxy) is 2. The van der Waals surface area contributed by atoms with Crippen molar-refractivity contribution in [2.24, 2.45) is 0 Å². The Morgan fingerprint density at radius 3 is 2.71 bits per heavy atom. The highest BCUT2D eigenvalue weighted by molar-refractivity contribution is 6.04. The summed E-state index contributed by atoms with van der Waals surface area (Å²) in [6.45, 7) is 3.62. The second-order valence-electron chi connectivity index (χ2n) is 5.15. The Morgan fingerprint density at radius 1 is 1.19 bits per heavy atom. The van der Waals surface area contributed by atoms with Gasteiger partial charge < -0.3 is 19.9 Å². The Hall–Kier alpha value is -2.76. The van der Waals surface area contributed by atoms with Crippen LogP contribution in [0.3, 0.4) is 0 Å². The molecule has 1 aliphatic heterocycles. The predicted molar refractivity (Wildman–Crippen MR) is 75.6 cm³/mol. The largest absolute Gasteiger partial charge is 0.506 e. The van der Waals surface area contributed by atoms with Crippen molar-refractivity contribution in [1.82, 2.24) is 4.98 Å². The fourth-order valence-corrected chi connectivity index (χ4v) is 2.06. The van der Waals surface area contributed by atoms with Gasteiger partial charge in [-0.3, -0.25) is 9.78 Å². The van der Waals surface area contributed by atoms with Gasteiger partial charge in [0.15, 0.2) is 11.5 Å². The van der Waals surface area contributed by atoms with Gasteiger partial charge in [-0.1, -0.05) is 0 Å². The van der Waals surface area contributed by atoms with Gasteiger partial charge >= 0.3 is 0 Å². The van der Waals surface area contributed by atoms with Gasteiger partial charge in [-0.25, -0.2) is 0 Å². The van der Waals surface area contributed by atoms with Crippen molar-refractivity contribution in [1.29, 1.82) is 0 Å². The third kappa shape index (κ3) is 2.74. The van der Waals surface area contributed by atoms with Gasteiger partial charge in [0.1, 0.15) is 5.75 Å². The van der Waals surface area contributed by atoms with E-state index in [2.05, 4.69) is 10.3 Å². The van der Waals surface area contributed by atoms with Crippen LogP contribution in [0.4, 0.5) is 5.69 Å². The summed E-state index contributed by atoms with van der Waals surface area (Å²) >= 11 is 0. The Labute approximate surface area is 121 Å². The van der Waals surface area contributed by atoms with E-state index >= 15 is 0 Å². The van der Waals surface area contributed by atoms with Gasteiger partial charge in [-0.15, -0.1) is 0 Å². The summed E-state index contributed by atoms with van der Waals surface area (Å²) < 4.78 is 11.2. The lowest BCUT2D eigenvalue weighted by Crippen LogP contribution is -2.29. The average Bonchev–Trinajstić information content (AvgIpc) is 2.72. The molecule has 0 aliphatic carbocycles. The summed E-state index contributed by atoms with van der Waals surface area (Å²) in [5.41, 5.74) is 0.844. The fourth-order valence-electron chi connectivity index (χ4n) is 2.06. The number of carbonyl (C=O) groups excluding carboxylic acids is 1. The lowest BCUT2D eigenvalue weighted by Gasteiger charge is -2.16. The van der Waals surface area contributed by atoms with E-state index in [4.69, 9.17) is 9.47 Å². The number of amides is 1. The minimum Gasteiger partial charge on any atom is -0.506 e. The maximum atomic E-state index is 12.1. The molecule has 0 unspecified atom stereocenters. The minimum atomic E-state index is -0.708. The quantitative estimate of drug-likeness (QED) is 0.886. The van der Waals surface area contributed by atoms with Gasteiger partial charge in [0.05, 0.1) is 11.8 Å². The number of hydrogen-bond donors (Lipinski definition) is 2. The monoisotopic (exact) mass is 286 g/mol. The Kier molecular flexibility index (Phi) is 2.94. The van der Waals surface area contributed by atoms with Crippen molar-refractivity contribution < 1.29 is 19.4 Å². The van der Waals surface area contributed by atoms with Gasteiger partial charge in [0.25, 0.3) is 5.91 Å². The second-order valence-corrected chi connectivity index (χ2v) is 5.15. The first kappa shape index (κ1) is 13.2. The Balaban J connectivity index is 1.79. The molecule has 108 valence electrons. The van der Waals surface area contributed by atoms with Crippen LogP contribution in [0.2, 0.25) is 0 Å². The molecule has 0 bridgehead atoms. The second kappa shape index (κ2) is 4.66. The lowest BCUT2D eigenvalue weighted by molar-refractivity contribution is -0.0431. The molecule has 21 heavy (non-hydrogen) atoms. The predicted octanol–water partition coefficient (Wildman–Crippen LogP) is 2.55. The van der Waals surface area contributed by atoms with E-state index < -0.39 is 5.79 Å². The van der Waals surface area contributed by atoms with Crippen molar-refractivity contribution in [3.63, 3.8) is 0 Å². The SMILES string of the molecule is CC1(C)Oc2ccc(NC(=O)c3cncc(O)c3)cc2O1. The number of aromatic hydroxyl groups is 1. The number of pyridine rings is 1. The molecule has 0 radical (unpaired) electrons. The summed E-state index contributed by atoms with van der Waals surface area (Å²) in [5, 5.41) is 12.1. The molecule has 0 spiro atoms. The first-order chi connectivity index (χ1) is 9.93. The molecule has 6 heteroatoms. The van der Waals surface area contributed by atoms with Gasteiger partial charge in [0.2, 0.25) is 5.79 Å². The number of carbonyl (C=O) groups is 1. The molecule has 0 atom stereocenters. The summed E-state index contributed by atoms with van der Waals surface area (Å²) in [6, 6.07) is 6.49. The molecule has 2 heterocycles. The first-order valence-corrected chi connectivity index (χ1v) is 6.40. The lowest BCUT2D eigenvalue weighted by atomic mass is 10.2. The fraction of sp³-hybridized carbons (Fsp3) is 0.200. The molecular weight excluding hydrogens is 272 g/mol. The van der Waals surface area contributed by atoms with Crippen LogP contribution < -0.4 is 14.8 Å². The number of anilines is 1. The molecule has 6 nitrogen and oxygen atoms in total. The molecule has 3 rings (SSSR count). The van der Waals surface area contributed by atoms with Crippen LogP contribution >= 0.6 is 0 Å². The summed E-state index contributed by atoms with van der Waals surface area (Å²) in [7, 11) is 0. The molecular formula is C15H14N2O4. The molecule has 0 saturated heterocycles. The summed E-state index contributed by atoms with van der Waals surface area (Å²) in [6.07, 6.45) is 2.64. The van der Waals surface area contributed by atoms with Crippen molar-refractivity contribution >= 4 is 11.6 Å². The molecule has 1 aromatic heterocycles. The zero-order valence-electron chi connectivity index (χ0n) is 11.6. The van der Waals surface area contributed by atoms with E-state index in [0.29, 0.717) is 17.2 Å². The highest BCUT2D eigenvalue weighted by Gasteiger charge is 2.31. The van der Waals surface area contributed by atoms with E-state index in [1.807, 2.05) is 13.8 Å². The van der Waals surface area contributed by atoms with Crippen molar-refractivity contribution in [3.05, 3.63) is 42.2 Å². The molecule has 1 aliphatic rings. The molecule has 0 fully saturated rings. The molecule has 1 aromatic carbocycles. The van der Waals surface area contributed by atoms with Crippen LogP contribution in [0.25, 0.3) is 0 Å². The van der Waals surface area contributed by atoms with E-state index in [-0.39, 0.29) is 17.2 Å². The van der Waals surface area contributed by atoms with E-state index in [1.165, 1.54) is 18.5 Å². The number of hydrogen-bond acceptors (Lipinski definition) is 5. The zero-order valence-corrected chi connectivity index (χ0v) is 11.6. The number of nitrogens with zero attached hydrogens (tertiary/aromatic N) is 1.